The molecule has 2 rings (SSSR count). The maximum Gasteiger partial charge on any atom is 0.126 e. The van der Waals surface area contributed by atoms with Crippen molar-refractivity contribution in [2.75, 3.05) is 12.8 Å². The van der Waals surface area contributed by atoms with E-state index in [0.717, 1.165) is 27.5 Å². The summed E-state index contributed by atoms with van der Waals surface area (Å²) < 4.78 is 14.8. The Hall–Kier alpha value is -0.0600. The van der Waals surface area contributed by atoms with Gasteiger partial charge in [0.05, 0.1) is 0 Å². The van der Waals surface area contributed by atoms with Gasteiger partial charge in [0, 0.05) is 21.5 Å². The maximum absolute atomic E-state index is 13.8. The molecule has 1 aromatic rings. The fourth-order valence-corrected chi connectivity index (χ4v) is 4.56. The lowest BCUT2D eigenvalue weighted by atomic mass is 10.0. The Morgan fingerprint density at radius 2 is 2.10 bits per heavy atom. The van der Waals surface area contributed by atoms with E-state index in [1.165, 1.54) is 32.1 Å². The summed E-state index contributed by atoms with van der Waals surface area (Å²) in [6.45, 7) is 0. The number of rotatable bonds is 6. The Balaban J connectivity index is 1.86. The molecule has 1 nitrogen and oxygen atoms in total. The summed E-state index contributed by atoms with van der Waals surface area (Å²) in [4.78, 5) is 0. The van der Waals surface area contributed by atoms with Crippen molar-refractivity contribution in [1.82, 2.24) is 5.32 Å². The Kier molecular flexibility index (Phi) is 6.85. The molecule has 0 heterocycles. The molecule has 0 aliphatic heterocycles. The lowest BCUT2D eigenvalue weighted by Gasteiger charge is -2.24. The lowest BCUT2D eigenvalue weighted by molar-refractivity contribution is 0.513. The zero-order valence-electron chi connectivity index (χ0n) is 12.0. The van der Waals surface area contributed by atoms with Gasteiger partial charge in [-0.3, -0.25) is 0 Å². The van der Waals surface area contributed by atoms with Crippen molar-refractivity contribution in [3.8, 4) is 0 Å². The summed E-state index contributed by atoms with van der Waals surface area (Å²) in [5.41, 5.74) is 0.794. The molecule has 4 heteroatoms. The summed E-state index contributed by atoms with van der Waals surface area (Å²) in [6.07, 6.45) is 7.61. The van der Waals surface area contributed by atoms with Crippen LogP contribution in [0.2, 0.25) is 0 Å². The zero-order chi connectivity index (χ0) is 14.4. The van der Waals surface area contributed by atoms with Gasteiger partial charge in [-0.15, -0.1) is 0 Å². The first-order valence-electron chi connectivity index (χ1n) is 7.42. The second kappa shape index (κ2) is 8.40. The Labute approximate surface area is 134 Å². The molecule has 0 radical (unpaired) electrons. The number of nitrogens with one attached hydrogen (secondary N) is 1. The van der Waals surface area contributed by atoms with Crippen molar-refractivity contribution in [3.63, 3.8) is 0 Å². The summed E-state index contributed by atoms with van der Waals surface area (Å²) in [5.74, 6) is 0.962. The first-order valence-corrected chi connectivity index (χ1v) is 9.26. The van der Waals surface area contributed by atoms with E-state index >= 15 is 0 Å². The highest BCUT2D eigenvalue weighted by molar-refractivity contribution is 9.10. The average Bonchev–Trinajstić information content (AvgIpc) is 2.48. The van der Waals surface area contributed by atoms with Crippen molar-refractivity contribution >= 4 is 27.7 Å². The number of halogens is 2. The monoisotopic (exact) mass is 359 g/mol. The van der Waals surface area contributed by atoms with E-state index in [-0.39, 0.29) is 5.82 Å². The van der Waals surface area contributed by atoms with Gasteiger partial charge in [-0.25, -0.2) is 4.39 Å². The van der Waals surface area contributed by atoms with Crippen LogP contribution in [0.4, 0.5) is 4.39 Å². The first-order chi connectivity index (χ1) is 9.69. The molecule has 0 amide bonds. The van der Waals surface area contributed by atoms with E-state index in [4.69, 9.17) is 0 Å². The fraction of sp³-hybridized carbons (Fsp3) is 0.625. The van der Waals surface area contributed by atoms with Crippen LogP contribution in [0.1, 0.15) is 37.7 Å². The van der Waals surface area contributed by atoms with E-state index in [1.54, 1.807) is 12.1 Å². The molecule has 1 aliphatic carbocycles. The normalized spacial score (nSPS) is 18.1. The molecule has 1 N–H and O–H groups in total. The molecule has 0 spiro atoms. The van der Waals surface area contributed by atoms with Crippen molar-refractivity contribution in [2.24, 2.45) is 0 Å². The van der Waals surface area contributed by atoms with Crippen LogP contribution >= 0.6 is 27.7 Å². The van der Waals surface area contributed by atoms with Gasteiger partial charge >= 0.3 is 0 Å². The van der Waals surface area contributed by atoms with E-state index in [2.05, 4.69) is 33.0 Å². The topological polar surface area (TPSA) is 12.0 Å². The van der Waals surface area contributed by atoms with Gasteiger partial charge in [-0.1, -0.05) is 35.2 Å². The smallest absolute Gasteiger partial charge is 0.126 e. The highest BCUT2D eigenvalue weighted by Crippen LogP contribution is 2.29. The van der Waals surface area contributed by atoms with Crippen molar-refractivity contribution in [3.05, 3.63) is 34.1 Å². The molecule has 0 aromatic heterocycles. The van der Waals surface area contributed by atoms with Crippen LogP contribution in [0.15, 0.2) is 22.7 Å². The van der Waals surface area contributed by atoms with Gasteiger partial charge in [0.2, 0.25) is 0 Å². The Bertz CT molecular complexity index is 421. The molecular weight excluding hydrogens is 337 g/mol. The van der Waals surface area contributed by atoms with Crippen LogP contribution in [0.25, 0.3) is 0 Å². The second-order valence-electron chi connectivity index (χ2n) is 5.52. The molecular formula is C16H23BrFNS. The van der Waals surface area contributed by atoms with Crippen LogP contribution in [0.3, 0.4) is 0 Å². The number of hydrogen-bond acceptors (Lipinski definition) is 2. The van der Waals surface area contributed by atoms with E-state index in [9.17, 15) is 4.39 Å². The number of likely N-dealkylation sites (N-methyl/N-ethyl adjacent to an activating group) is 1. The molecule has 0 saturated heterocycles. The molecule has 112 valence electrons. The molecule has 20 heavy (non-hydrogen) atoms. The van der Waals surface area contributed by atoms with Gasteiger partial charge in [-0.2, -0.15) is 11.8 Å². The Morgan fingerprint density at radius 3 is 2.80 bits per heavy atom. The van der Waals surface area contributed by atoms with Gasteiger partial charge < -0.3 is 5.32 Å². The number of benzene rings is 1. The fourth-order valence-electron chi connectivity index (χ4n) is 2.69. The van der Waals surface area contributed by atoms with Crippen molar-refractivity contribution < 1.29 is 4.39 Å². The van der Waals surface area contributed by atoms with E-state index < -0.39 is 0 Å². The summed E-state index contributed by atoms with van der Waals surface area (Å²) >= 11 is 5.48. The third-order valence-electron chi connectivity index (χ3n) is 3.97. The predicted molar refractivity (Wildman–Crippen MR) is 90.0 cm³/mol. The minimum Gasteiger partial charge on any atom is -0.316 e. The zero-order valence-corrected chi connectivity index (χ0v) is 14.4. The third kappa shape index (κ3) is 5.05. The summed E-state index contributed by atoms with van der Waals surface area (Å²) in [7, 11) is 1.97. The van der Waals surface area contributed by atoms with E-state index in [0.29, 0.717) is 6.04 Å². The van der Waals surface area contributed by atoms with Crippen LogP contribution in [0, 0.1) is 5.82 Å². The highest BCUT2D eigenvalue weighted by Gasteiger charge is 2.17. The van der Waals surface area contributed by atoms with Gasteiger partial charge in [0.15, 0.2) is 0 Å². The molecule has 1 fully saturated rings. The van der Waals surface area contributed by atoms with Crippen molar-refractivity contribution in [1.29, 1.82) is 0 Å². The number of thioether (sulfide) groups is 1. The molecule has 1 atom stereocenters. The molecule has 1 aliphatic rings. The van der Waals surface area contributed by atoms with Crippen LogP contribution < -0.4 is 5.32 Å². The molecule has 0 bridgehead atoms. The summed E-state index contributed by atoms with van der Waals surface area (Å²) in [6, 6.07) is 5.53. The quantitative estimate of drug-likeness (QED) is 0.783. The summed E-state index contributed by atoms with van der Waals surface area (Å²) in [5, 5.41) is 4.15. The van der Waals surface area contributed by atoms with Crippen molar-refractivity contribution in [2.45, 2.75) is 49.8 Å². The van der Waals surface area contributed by atoms with E-state index in [1.807, 2.05) is 13.1 Å². The van der Waals surface area contributed by atoms with Crippen LogP contribution in [-0.4, -0.2) is 24.1 Å². The molecule has 1 saturated carbocycles. The second-order valence-corrected chi connectivity index (χ2v) is 7.77. The third-order valence-corrected chi connectivity index (χ3v) is 6.00. The standard InChI is InChI=1S/C16H23BrFNS/c1-19-14(11-20-15-5-3-2-4-6-15)10-12-9-13(17)7-8-16(12)18/h7-9,14-15,19H,2-6,10-11H2,1H3. The van der Waals surface area contributed by atoms with Crippen LogP contribution in [-0.2, 0) is 6.42 Å². The largest absolute Gasteiger partial charge is 0.316 e. The van der Waals surface area contributed by atoms with Gasteiger partial charge in [0.25, 0.3) is 0 Å². The molecule has 1 unspecified atom stereocenters. The highest BCUT2D eigenvalue weighted by atomic mass is 79.9. The average molecular weight is 360 g/mol. The Morgan fingerprint density at radius 1 is 1.35 bits per heavy atom. The van der Waals surface area contributed by atoms with Crippen LogP contribution in [0.5, 0.6) is 0 Å². The minimum atomic E-state index is -0.101. The van der Waals surface area contributed by atoms with Gasteiger partial charge in [-0.05, 0) is 50.1 Å². The maximum atomic E-state index is 13.8. The lowest BCUT2D eigenvalue weighted by Crippen LogP contribution is -2.31. The predicted octanol–water partition coefficient (Wildman–Crippen LogP) is 4.78. The SMILES string of the molecule is CNC(CSC1CCCCC1)Cc1cc(Br)ccc1F. The first kappa shape index (κ1) is 16.3. The minimum absolute atomic E-state index is 0.101. The molecule has 1 aromatic carbocycles. The number of hydrogen-bond donors (Lipinski definition) is 1. The van der Waals surface area contributed by atoms with Gasteiger partial charge in [0.1, 0.15) is 5.82 Å².